The maximum absolute atomic E-state index is 10.6. The maximum atomic E-state index is 10.6. The molecule has 1 saturated carbocycles. The first-order valence-corrected chi connectivity index (χ1v) is 6.69. The number of hydrogen-bond acceptors (Lipinski definition) is 2. The third kappa shape index (κ3) is 2.89. The van der Waals surface area contributed by atoms with Crippen molar-refractivity contribution in [2.24, 2.45) is 18.9 Å². The second-order valence-electron chi connectivity index (χ2n) is 5.87. The molecule has 1 aromatic heterocycles. The first-order valence-electron chi connectivity index (χ1n) is 6.69. The fraction of sp³-hybridized carbons (Fsp3) is 0.786. The molecule has 96 valence electrons. The van der Waals surface area contributed by atoms with Crippen LogP contribution in [0.5, 0.6) is 0 Å². The van der Waals surface area contributed by atoms with Crippen LogP contribution < -0.4 is 0 Å². The number of aromatic nitrogens is 2. The summed E-state index contributed by atoms with van der Waals surface area (Å²) in [5.74, 6) is 1.40. The monoisotopic (exact) mass is 236 g/mol. The summed E-state index contributed by atoms with van der Waals surface area (Å²) < 4.78 is 1.90. The Morgan fingerprint density at radius 1 is 1.47 bits per heavy atom. The zero-order valence-electron chi connectivity index (χ0n) is 11.2. The maximum Gasteiger partial charge on any atom is 0.0654 e. The molecular formula is C14H24N2O. The zero-order valence-corrected chi connectivity index (χ0v) is 11.2. The first-order chi connectivity index (χ1) is 8.00. The fourth-order valence-corrected chi connectivity index (χ4v) is 2.92. The zero-order chi connectivity index (χ0) is 12.5. The van der Waals surface area contributed by atoms with Crippen LogP contribution in [0.1, 0.15) is 45.2 Å². The molecule has 0 aromatic carbocycles. The van der Waals surface area contributed by atoms with Crippen LogP contribution >= 0.6 is 0 Å². The van der Waals surface area contributed by atoms with Crippen molar-refractivity contribution in [2.75, 3.05) is 0 Å². The molecule has 3 unspecified atom stereocenters. The highest BCUT2D eigenvalue weighted by Crippen LogP contribution is 2.38. The summed E-state index contributed by atoms with van der Waals surface area (Å²) in [6.07, 6.45) is 6.67. The molecular weight excluding hydrogens is 212 g/mol. The van der Waals surface area contributed by atoms with Crippen molar-refractivity contribution in [1.29, 1.82) is 0 Å². The highest BCUT2D eigenvalue weighted by molar-refractivity contribution is 5.02. The lowest BCUT2D eigenvalue weighted by atomic mass is 9.71. The summed E-state index contributed by atoms with van der Waals surface area (Å²) in [6, 6.07) is 2.04. The van der Waals surface area contributed by atoms with Crippen molar-refractivity contribution in [3.8, 4) is 0 Å². The lowest BCUT2D eigenvalue weighted by Gasteiger charge is -2.39. The Bertz CT molecular complexity index is 374. The van der Waals surface area contributed by atoms with Crippen molar-refractivity contribution in [1.82, 2.24) is 9.78 Å². The normalized spacial score (nSPS) is 33.9. The van der Waals surface area contributed by atoms with Crippen LogP contribution in [0, 0.1) is 11.8 Å². The predicted octanol–water partition coefficient (Wildman–Crippen LogP) is 2.54. The van der Waals surface area contributed by atoms with Gasteiger partial charge in [-0.3, -0.25) is 4.68 Å². The van der Waals surface area contributed by atoms with E-state index < -0.39 is 5.60 Å². The van der Waals surface area contributed by atoms with Gasteiger partial charge in [-0.25, -0.2) is 0 Å². The van der Waals surface area contributed by atoms with Crippen molar-refractivity contribution < 1.29 is 5.11 Å². The van der Waals surface area contributed by atoms with Gasteiger partial charge in [0.25, 0.3) is 0 Å². The molecule has 2 rings (SSSR count). The van der Waals surface area contributed by atoms with Gasteiger partial charge in [0, 0.05) is 18.9 Å². The summed E-state index contributed by atoms with van der Waals surface area (Å²) in [5.41, 5.74) is 0.764. The molecule has 0 radical (unpaired) electrons. The Morgan fingerprint density at radius 2 is 2.24 bits per heavy atom. The van der Waals surface area contributed by atoms with Crippen LogP contribution in [0.15, 0.2) is 12.3 Å². The molecule has 0 amide bonds. The van der Waals surface area contributed by atoms with E-state index >= 15 is 0 Å². The predicted molar refractivity (Wildman–Crippen MR) is 68.7 cm³/mol. The van der Waals surface area contributed by atoms with E-state index in [9.17, 15) is 5.11 Å². The number of nitrogens with zero attached hydrogens (tertiary/aromatic N) is 2. The quantitative estimate of drug-likeness (QED) is 0.875. The van der Waals surface area contributed by atoms with Crippen molar-refractivity contribution in [3.63, 3.8) is 0 Å². The molecule has 3 heteroatoms. The molecule has 3 atom stereocenters. The van der Waals surface area contributed by atoms with E-state index in [1.807, 2.05) is 24.0 Å². The van der Waals surface area contributed by atoms with Gasteiger partial charge in [0.1, 0.15) is 0 Å². The van der Waals surface area contributed by atoms with Gasteiger partial charge < -0.3 is 5.11 Å². The molecule has 1 N–H and O–H groups in total. The minimum atomic E-state index is -0.448. The van der Waals surface area contributed by atoms with Crippen molar-refractivity contribution in [3.05, 3.63) is 18.0 Å². The molecule has 1 aliphatic carbocycles. The summed E-state index contributed by atoms with van der Waals surface area (Å²) in [7, 11) is 1.96. The Morgan fingerprint density at radius 3 is 2.82 bits per heavy atom. The van der Waals surface area contributed by atoms with Crippen LogP contribution in [-0.2, 0) is 13.5 Å². The minimum Gasteiger partial charge on any atom is -0.390 e. The smallest absolute Gasteiger partial charge is 0.0654 e. The van der Waals surface area contributed by atoms with Crippen LogP contribution in [-0.4, -0.2) is 20.5 Å². The molecule has 1 fully saturated rings. The van der Waals surface area contributed by atoms with Crippen LogP contribution in [0.2, 0.25) is 0 Å². The second-order valence-corrected chi connectivity index (χ2v) is 5.87. The molecule has 0 spiro atoms. The van der Waals surface area contributed by atoms with Gasteiger partial charge in [0.2, 0.25) is 0 Å². The molecule has 1 aromatic rings. The first kappa shape index (κ1) is 12.6. The Balaban J connectivity index is 1.92. The van der Waals surface area contributed by atoms with E-state index in [-0.39, 0.29) is 0 Å². The highest BCUT2D eigenvalue weighted by Gasteiger charge is 2.35. The topological polar surface area (TPSA) is 38.1 Å². The third-order valence-electron chi connectivity index (χ3n) is 4.51. The lowest BCUT2D eigenvalue weighted by Crippen LogP contribution is -2.38. The lowest BCUT2D eigenvalue weighted by molar-refractivity contribution is -0.0349. The van der Waals surface area contributed by atoms with Crippen LogP contribution in [0.3, 0.4) is 0 Å². The van der Waals surface area contributed by atoms with Gasteiger partial charge in [0.15, 0.2) is 0 Å². The van der Waals surface area contributed by atoms with E-state index in [0.717, 1.165) is 38.0 Å². The molecule has 3 nitrogen and oxygen atoms in total. The molecule has 0 saturated heterocycles. The van der Waals surface area contributed by atoms with E-state index in [0.29, 0.717) is 5.92 Å². The van der Waals surface area contributed by atoms with Gasteiger partial charge in [-0.1, -0.05) is 13.8 Å². The van der Waals surface area contributed by atoms with Crippen LogP contribution in [0.25, 0.3) is 0 Å². The standard InChI is InChI=1S/C14H24N2O/c1-11-4-7-14(17,10-12(11)2)8-5-13-6-9-15-16(13)3/h6,9,11-12,17H,4-5,7-8,10H2,1-3H3. The van der Waals surface area contributed by atoms with Gasteiger partial charge in [-0.2, -0.15) is 5.10 Å². The molecule has 0 bridgehead atoms. The van der Waals surface area contributed by atoms with Gasteiger partial charge in [-0.15, -0.1) is 0 Å². The number of hydrogen-bond donors (Lipinski definition) is 1. The fourth-order valence-electron chi connectivity index (χ4n) is 2.92. The second kappa shape index (κ2) is 4.81. The summed E-state index contributed by atoms with van der Waals surface area (Å²) in [6.45, 7) is 4.56. The van der Waals surface area contributed by atoms with E-state index in [2.05, 4.69) is 18.9 Å². The number of rotatable bonds is 3. The molecule has 17 heavy (non-hydrogen) atoms. The highest BCUT2D eigenvalue weighted by atomic mass is 16.3. The Labute approximate surface area is 104 Å². The Kier molecular flexibility index (Phi) is 3.57. The molecule has 0 aliphatic heterocycles. The van der Waals surface area contributed by atoms with E-state index in [1.54, 1.807) is 0 Å². The number of aliphatic hydroxyl groups is 1. The van der Waals surface area contributed by atoms with Crippen LogP contribution in [0.4, 0.5) is 0 Å². The van der Waals surface area contributed by atoms with E-state index in [4.69, 9.17) is 0 Å². The van der Waals surface area contributed by atoms with E-state index in [1.165, 1.54) is 5.69 Å². The Hall–Kier alpha value is -0.830. The summed E-state index contributed by atoms with van der Waals surface area (Å²) in [4.78, 5) is 0. The largest absolute Gasteiger partial charge is 0.390 e. The van der Waals surface area contributed by atoms with Crippen molar-refractivity contribution >= 4 is 0 Å². The SMILES string of the molecule is CC1CCC(O)(CCc2ccnn2C)CC1C. The summed E-state index contributed by atoms with van der Waals surface area (Å²) in [5, 5.41) is 14.8. The van der Waals surface area contributed by atoms with Crippen molar-refractivity contribution in [2.45, 2.75) is 51.6 Å². The van der Waals surface area contributed by atoms with Gasteiger partial charge >= 0.3 is 0 Å². The minimum absolute atomic E-state index is 0.448. The number of aryl methyl sites for hydroxylation is 2. The molecule has 1 aliphatic rings. The molecule has 1 heterocycles. The average Bonchev–Trinajstić information content (AvgIpc) is 2.68. The average molecular weight is 236 g/mol. The van der Waals surface area contributed by atoms with Gasteiger partial charge in [-0.05, 0) is 50.0 Å². The summed E-state index contributed by atoms with van der Waals surface area (Å²) >= 11 is 0. The van der Waals surface area contributed by atoms with Gasteiger partial charge in [0.05, 0.1) is 5.60 Å². The third-order valence-corrected chi connectivity index (χ3v) is 4.51.